The molecular weight excluding hydrogens is 360 g/mol. The van der Waals surface area contributed by atoms with Crippen LogP contribution in [0.3, 0.4) is 0 Å². The van der Waals surface area contributed by atoms with Crippen LogP contribution in [0.4, 0.5) is 5.13 Å². The van der Waals surface area contributed by atoms with Gasteiger partial charge in [0.2, 0.25) is 5.91 Å². The van der Waals surface area contributed by atoms with Gasteiger partial charge in [-0.2, -0.15) is 0 Å². The van der Waals surface area contributed by atoms with E-state index in [-0.39, 0.29) is 12.0 Å². The molecule has 1 aliphatic heterocycles. The van der Waals surface area contributed by atoms with Crippen LogP contribution in [0.2, 0.25) is 0 Å². The Labute approximate surface area is 162 Å². The zero-order valence-electron chi connectivity index (χ0n) is 15.3. The Morgan fingerprint density at radius 2 is 2.15 bits per heavy atom. The summed E-state index contributed by atoms with van der Waals surface area (Å²) in [5.74, 6) is 0.809. The number of ether oxygens (including phenoxy) is 2. The topological polar surface area (TPSA) is 51.7 Å². The Bertz CT molecular complexity index is 920. The molecule has 1 fully saturated rings. The molecule has 6 heteroatoms. The van der Waals surface area contributed by atoms with Gasteiger partial charge in [-0.15, -0.1) is 0 Å². The molecule has 2 aromatic carbocycles. The number of rotatable bonds is 6. The quantitative estimate of drug-likeness (QED) is 0.645. The van der Waals surface area contributed by atoms with Crippen LogP contribution in [0.5, 0.6) is 5.75 Å². The lowest BCUT2D eigenvalue weighted by atomic mass is 10.1. The number of carbonyl (C=O) groups excluding carboxylic acids is 1. The van der Waals surface area contributed by atoms with Crippen molar-refractivity contribution in [1.82, 2.24) is 4.98 Å². The SMILES string of the molecule is COc1ccc2sc(N(CC3CCCO3)C(=O)Cc3ccccc3)nc2c1. The van der Waals surface area contributed by atoms with Crippen LogP contribution in [-0.2, 0) is 16.0 Å². The summed E-state index contributed by atoms with van der Waals surface area (Å²) >= 11 is 1.53. The van der Waals surface area contributed by atoms with Crippen molar-refractivity contribution in [2.24, 2.45) is 0 Å². The number of methoxy groups -OCH3 is 1. The highest BCUT2D eigenvalue weighted by Gasteiger charge is 2.26. The zero-order valence-corrected chi connectivity index (χ0v) is 16.1. The van der Waals surface area contributed by atoms with E-state index in [1.165, 1.54) is 11.3 Å². The van der Waals surface area contributed by atoms with E-state index in [0.29, 0.717) is 13.0 Å². The molecular formula is C21H22N2O3S. The van der Waals surface area contributed by atoms with Crippen molar-refractivity contribution in [3.05, 3.63) is 54.1 Å². The summed E-state index contributed by atoms with van der Waals surface area (Å²) in [6, 6.07) is 15.6. The van der Waals surface area contributed by atoms with Gasteiger partial charge in [0.15, 0.2) is 5.13 Å². The van der Waals surface area contributed by atoms with E-state index in [0.717, 1.165) is 46.1 Å². The Morgan fingerprint density at radius 3 is 2.89 bits per heavy atom. The second-order valence-electron chi connectivity index (χ2n) is 6.63. The summed E-state index contributed by atoms with van der Waals surface area (Å²) in [5.41, 5.74) is 1.85. The summed E-state index contributed by atoms with van der Waals surface area (Å²) in [6.45, 7) is 1.31. The Hall–Kier alpha value is -2.44. The Kier molecular flexibility index (Phi) is 5.36. The van der Waals surface area contributed by atoms with Gasteiger partial charge < -0.3 is 9.47 Å². The number of benzene rings is 2. The molecule has 0 saturated carbocycles. The monoisotopic (exact) mass is 382 g/mol. The molecule has 1 atom stereocenters. The minimum Gasteiger partial charge on any atom is -0.497 e. The van der Waals surface area contributed by atoms with Gasteiger partial charge in [-0.3, -0.25) is 9.69 Å². The predicted octanol–water partition coefficient (Wildman–Crippen LogP) is 4.06. The van der Waals surface area contributed by atoms with Crippen molar-refractivity contribution >= 4 is 32.6 Å². The van der Waals surface area contributed by atoms with Crippen molar-refractivity contribution in [2.45, 2.75) is 25.4 Å². The van der Waals surface area contributed by atoms with E-state index in [2.05, 4.69) is 0 Å². The molecule has 5 nitrogen and oxygen atoms in total. The first-order valence-corrected chi connectivity index (χ1v) is 9.95. The molecule has 0 bridgehead atoms. The second kappa shape index (κ2) is 8.06. The third-order valence-electron chi connectivity index (χ3n) is 4.72. The van der Waals surface area contributed by atoms with Crippen LogP contribution in [0.15, 0.2) is 48.5 Å². The molecule has 0 spiro atoms. The van der Waals surface area contributed by atoms with Crippen LogP contribution in [0, 0.1) is 0 Å². The third-order valence-corrected chi connectivity index (χ3v) is 5.78. The molecule has 1 aliphatic rings. The highest BCUT2D eigenvalue weighted by molar-refractivity contribution is 7.22. The van der Waals surface area contributed by atoms with Gasteiger partial charge in [0.05, 0.1) is 36.4 Å². The highest BCUT2D eigenvalue weighted by atomic mass is 32.1. The van der Waals surface area contributed by atoms with Gasteiger partial charge in [0, 0.05) is 12.7 Å². The Balaban J connectivity index is 1.63. The molecule has 27 heavy (non-hydrogen) atoms. The summed E-state index contributed by atoms with van der Waals surface area (Å²) in [6.07, 6.45) is 2.45. The summed E-state index contributed by atoms with van der Waals surface area (Å²) in [4.78, 5) is 19.6. The van der Waals surface area contributed by atoms with Crippen LogP contribution in [0.1, 0.15) is 18.4 Å². The maximum Gasteiger partial charge on any atom is 0.233 e. The van der Waals surface area contributed by atoms with Gasteiger partial charge in [-0.1, -0.05) is 41.7 Å². The van der Waals surface area contributed by atoms with E-state index in [4.69, 9.17) is 14.5 Å². The Morgan fingerprint density at radius 1 is 1.30 bits per heavy atom. The lowest BCUT2D eigenvalue weighted by Crippen LogP contribution is -2.38. The number of fused-ring (bicyclic) bond motifs is 1. The van der Waals surface area contributed by atoms with Crippen molar-refractivity contribution in [3.63, 3.8) is 0 Å². The maximum atomic E-state index is 13.1. The minimum absolute atomic E-state index is 0.0442. The fourth-order valence-corrected chi connectivity index (χ4v) is 4.25. The first-order valence-electron chi connectivity index (χ1n) is 9.13. The molecule has 140 valence electrons. The number of thiazole rings is 1. The predicted molar refractivity (Wildman–Crippen MR) is 108 cm³/mol. The largest absolute Gasteiger partial charge is 0.497 e. The fourth-order valence-electron chi connectivity index (χ4n) is 3.28. The number of carbonyl (C=O) groups is 1. The van der Waals surface area contributed by atoms with Gasteiger partial charge >= 0.3 is 0 Å². The van der Waals surface area contributed by atoms with Crippen LogP contribution >= 0.6 is 11.3 Å². The standard InChI is InChI=1S/C21H22N2O3S/c1-25-16-9-10-19-18(13-16)22-21(27-19)23(14-17-8-5-11-26-17)20(24)12-15-6-3-2-4-7-15/h2-4,6-7,9-10,13,17H,5,8,11-12,14H2,1H3. The van der Waals surface area contributed by atoms with Gasteiger partial charge in [-0.05, 0) is 30.5 Å². The average Bonchev–Trinajstić information content (AvgIpc) is 3.35. The fraction of sp³-hybridized carbons (Fsp3) is 0.333. The van der Waals surface area contributed by atoms with Crippen molar-refractivity contribution in [3.8, 4) is 5.75 Å². The molecule has 0 N–H and O–H groups in total. The normalized spacial score (nSPS) is 16.6. The average molecular weight is 382 g/mol. The minimum atomic E-state index is 0.0442. The molecule has 3 aromatic rings. The smallest absolute Gasteiger partial charge is 0.233 e. The van der Waals surface area contributed by atoms with Crippen LogP contribution in [-0.4, -0.2) is 37.3 Å². The first-order chi connectivity index (χ1) is 13.2. The summed E-state index contributed by atoms with van der Waals surface area (Å²) in [5, 5.41) is 0.717. The highest BCUT2D eigenvalue weighted by Crippen LogP contribution is 2.32. The molecule has 1 unspecified atom stereocenters. The maximum absolute atomic E-state index is 13.1. The lowest BCUT2D eigenvalue weighted by Gasteiger charge is -2.23. The molecule has 4 rings (SSSR count). The van der Waals surface area contributed by atoms with Crippen molar-refractivity contribution in [2.75, 3.05) is 25.2 Å². The molecule has 0 aliphatic carbocycles. The molecule has 1 aromatic heterocycles. The van der Waals surface area contributed by atoms with Crippen LogP contribution in [0.25, 0.3) is 10.2 Å². The number of aromatic nitrogens is 1. The van der Waals surface area contributed by atoms with Gasteiger partial charge in [-0.25, -0.2) is 4.98 Å². The van der Waals surface area contributed by atoms with Crippen molar-refractivity contribution in [1.29, 1.82) is 0 Å². The lowest BCUT2D eigenvalue weighted by molar-refractivity contribution is -0.118. The van der Waals surface area contributed by atoms with E-state index in [1.807, 2.05) is 48.5 Å². The number of amides is 1. The number of anilines is 1. The summed E-state index contributed by atoms with van der Waals surface area (Å²) < 4.78 is 12.1. The van der Waals surface area contributed by atoms with Crippen molar-refractivity contribution < 1.29 is 14.3 Å². The number of nitrogens with zero attached hydrogens (tertiary/aromatic N) is 2. The molecule has 1 amide bonds. The van der Waals surface area contributed by atoms with E-state index >= 15 is 0 Å². The van der Waals surface area contributed by atoms with Gasteiger partial charge in [0.25, 0.3) is 0 Å². The van der Waals surface area contributed by atoms with E-state index < -0.39 is 0 Å². The van der Waals surface area contributed by atoms with E-state index in [1.54, 1.807) is 12.0 Å². The summed E-state index contributed by atoms with van der Waals surface area (Å²) in [7, 11) is 1.64. The van der Waals surface area contributed by atoms with Crippen LogP contribution < -0.4 is 9.64 Å². The third kappa shape index (κ3) is 4.12. The number of hydrogen-bond acceptors (Lipinski definition) is 5. The number of hydrogen-bond donors (Lipinski definition) is 0. The van der Waals surface area contributed by atoms with Gasteiger partial charge in [0.1, 0.15) is 5.75 Å². The molecule has 0 radical (unpaired) electrons. The zero-order chi connectivity index (χ0) is 18.6. The first kappa shape index (κ1) is 17.9. The van der Waals surface area contributed by atoms with E-state index in [9.17, 15) is 4.79 Å². The molecule has 2 heterocycles. The second-order valence-corrected chi connectivity index (χ2v) is 7.64. The molecule has 1 saturated heterocycles.